The molecule has 0 radical (unpaired) electrons. The molecule has 190 valence electrons. The van der Waals surface area contributed by atoms with Crippen molar-refractivity contribution in [3.63, 3.8) is 0 Å². The molecule has 0 aromatic carbocycles. The van der Waals surface area contributed by atoms with Crippen LogP contribution in [0.1, 0.15) is 24.2 Å². The maximum Gasteiger partial charge on any atom is 0.224 e. The van der Waals surface area contributed by atoms with Gasteiger partial charge in [0.2, 0.25) is 5.95 Å². The molecule has 0 bridgehead atoms. The number of pyridine rings is 1. The Labute approximate surface area is 207 Å². The molecular formula is C22H30N6O5S2. The molecule has 1 fully saturated rings. The number of aryl methyl sites for hydroxylation is 2. The highest BCUT2D eigenvalue weighted by Crippen LogP contribution is 2.38. The van der Waals surface area contributed by atoms with Crippen LogP contribution in [0.4, 0.5) is 11.8 Å². The first-order valence-electron chi connectivity index (χ1n) is 11.3. The highest BCUT2D eigenvalue weighted by Gasteiger charge is 2.41. The molecule has 0 unspecified atom stereocenters. The van der Waals surface area contributed by atoms with Gasteiger partial charge < -0.3 is 26.0 Å². The van der Waals surface area contributed by atoms with Crippen molar-refractivity contribution in [1.29, 1.82) is 0 Å². The van der Waals surface area contributed by atoms with Gasteiger partial charge in [-0.15, -0.1) is 11.3 Å². The van der Waals surface area contributed by atoms with Crippen LogP contribution in [0.5, 0.6) is 0 Å². The fourth-order valence-corrected chi connectivity index (χ4v) is 6.04. The standard InChI is InChI=1S/C22H30N6O5S2/c1-11-16(21-27-17-12(2)23-7-5-15(17)34-21)20(26-14-9-13(10-29)18(30)19(14)31)28-22(25-11)24-6-4-8-35(3,32)33/h5,7,13-14,18-19,29-31H,4,6,8-10H2,1-3H3,(H2,24,25,26,28)/t13-,14-,18-,19+/m1/s1. The van der Waals surface area contributed by atoms with E-state index < -0.39 is 34.0 Å². The van der Waals surface area contributed by atoms with Crippen molar-refractivity contribution >= 4 is 43.2 Å². The second kappa shape index (κ2) is 10.3. The number of aliphatic hydroxyl groups excluding tert-OH is 3. The maximum atomic E-state index is 11.4. The number of thiazole rings is 1. The van der Waals surface area contributed by atoms with E-state index in [1.807, 2.05) is 19.9 Å². The fraction of sp³-hybridized carbons (Fsp3) is 0.545. The van der Waals surface area contributed by atoms with Crippen LogP contribution in [0, 0.1) is 19.8 Å². The minimum absolute atomic E-state index is 0.0516. The van der Waals surface area contributed by atoms with Gasteiger partial charge in [-0.1, -0.05) is 0 Å². The van der Waals surface area contributed by atoms with Crippen molar-refractivity contribution in [2.45, 2.75) is 44.9 Å². The molecule has 0 amide bonds. The van der Waals surface area contributed by atoms with Gasteiger partial charge >= 0.3 is 0 Å². The lowest BCUT2D eigenvalue weighted by molar-refractivity contribution is 0.00446. The molecule has 4 atom stereocenters. The molecule has 1 saturated carbocycles. The van der Waals surface area contributed by atoms with E-state index in [1.54, 1.807) is 6.20 Å². The Bertz CT molecular complexity index is 1320. The summed E-state index contributed by atoms with van der Waals surface area (Å²) in [5.74, 6) is 0.352. The molecule has 35 heavy (non-hydrogen) atoms. The number of sulfone groups is 1. The van der Waals surface area contributed by atoms with Gasteiger partial charge in [0.05, 0.1) is 39.5 Å². The van der Waals surface area contributed by atoms with Gasteiger partial charge in [0.1, 0.15) is 32.3 Å². The van der Waals surface area contributed by atoms with Gasteiger partial charge in [0.15, 0.2) is 0 Å². The molecule has 1 aliphatic rings. The zero-order valence-corrected chi connectivity index (χ0v) is 21.4. The molecule has 11 nitrogen and oxygen atoms in total. The highest BCUT2D eigenvalue weighted by molar-refractivity contribution is 7.90. The highest BCUT2D eigenvalue weighted by atomic mass is 32.2. The predicted molar refractivity (Wildman–Crippen MR) is 135 cm³/mol. The van der Waals surface area contributed by atoms with E-state index in [1.165, 1.54) is 17.6 Å². The van der Waals surface area contributed by atoms with Crippen molar-refractivity contribution < 1.29 is 23.7 Å². The summed E-state index contributed by atoms with van der Waals surface area (Å²) in [6.45, 7) is 3.86. The third-order valence-corrected chi connectivity index (χ3v) is 8.20. The lowest BCUT2D eigenvalue weighted by atomic mass is 10.1. The normalized spacial score (nSPS) is 22.6. The van der Waals surface area contributed by atoms with Crippen LogP contribution in [-0.2, 0) is 9.84 Å². The predicted octanol–water partition coefficient (Wildman–Crippen LogP) is 1.13. The van der Waals surface area contributed by atoms with Crippen LogP contribution >= 0.6 is 11.3 Å². The molecule has 0 spiro atoms. The quantitative estimate of drug-likeness (QED) is 0.255. The van der Waals surface area contributed by atoms with E-state index in [0.29, 0.717) is 47.4 Å². The molecule has 13 heteroatoms. The second-order valence-electron chi connectivity index (χ2n) is 8.94. The first-order chi connectivity index (χ1) is 16.6. The van der Waals surface area contributed by atoms with E-state index in [9.17, 15) is 23.7 Å². The van der Waals surface area contributed by atoms with Crippen molar-refractivity contribution in [1.82, 2.24) is 19.9 Å². The van der Waals surface area contributed by atoms with Gasteiger partial charge in [-0.2, -0.15) is 4.98 Å². The third kappa shape index (κ3) is 5.70. The number of hydrogen-bond donors (Lipinski definition) is 5. The number of nitrogens with zero attached hydrogens (tertiary/aromatic N) is 4. The minimum Gasteiger partial charge on any atom is -0.396 e. The van der Waals surface area contributed by atoms with E-state index in [0.717, 1.165) is 15.9 Å². The summed E-state index contributed by atoms with van der Waals surface area (Å²) in [4.78, 5) is 18.3. The van der Waals surface area contributed by atoms with Crippen LogP contribution < -0.4 is 10.6 Å². The zero-order chi connectivity index (χ0) is 25.3. The summed E-state index contributed by atoms with van der Waals surface area (Å²) in [5, 5.41) is 37.4. The summed E-state index contributed by atoms with van der Waals surface area (Å²) < 4.78 is 23.8. The van der Waals surface area contributed by atoms with Crippen LogP contribution in [0.3, 0.4) is 0 Å². The Kier molecular flexibility index (Phi) is 7.52. The number of nitrogens with one attached hydrogen (secondary N) is 2. The van der Waals surface area contributed by atoms with Crippen LogP contribution in [-0.4, -0.2) is 87.1 Å². The molecule has 0 aliphatic heterocycles. The number of anilines is 2. The summed E-state index contributed by atoms with van der Waals surface area (Å²) >= 11 is 1.48. The monoisotopic (exact) mass is 522 g/mol. The van der Waals surface area contributed by atoms with E-state index in [4.69, 9.17) is 4.98 Å². The molecule has 4 rings (SSSR count). The first-order valence-corrected chi connectivity index (χ1v) is 14.2. The van der Waals surface area contributed by atoms with Crippen molar-refractivity contribution in [3.05, 3.63) is 23.7 Å². The summed E-state index contributed by atoms with van der Waals surface area (Å²) in [6, 6.07) is 1.36. The van der Waals surface area contributed by atoms with Crippen molar-refractivity contribution in [2.24, 2.45) is 5.92 Å². The molecule has 5 N–H and O–H groups in total. The molecule has 3 aromatic rings. The Balaban J connectivity index is 1.69. The molecule has 0 saturated heterocycles. The fourth-order valence-electron chi connectivity index (χ4n) is 4.26. The van der Waals surface area contributed by atoms with Gasteiger partial charge in [-0.05, 0) is 32.8 Å². The summed E-state index contributed by atoms with van der Waals surface area (Å²) in [7, 11) is -3.07. The number of rotatable bonds is 9. The first kappa shape index (κ1) is 25.6. The average molecular weight is 523 g/mol. The largest absolute Gasteiger partial charge is 0.396 e. The Hall–Kier alpha value is -2.45. The minimum atomic E-state index is -3.07. The molecular weight excluding hydrogens is 492 g/mol. The Morgan fingerprint density at radius 1 is 1.14 bits per heavy atom. The molecule has 1 aliphatic carbocycles. The Morgan fingerprint density at radius 2 is 1.91 bits per heavy atom. The Morgan fingerprint density at radius 3 is 2.57 bits per heavy atom. The average Bonchev–Trinajstić information content (AvgIpc) is 3.33. The summed E-state index contributed by atoms with van der Waals surface area (Å²) in [5.41, 5.74) is 2.91. The van der Waals surface area contributed by atoms with Crippen molar-refractivity contribution in [3.8, 4) is 10.6 Å². The number of aliphatic hydroxyl groups is 3. The maximum absolute atomic E-state index is 11.4. The smallest absolute Gasteiger partial charge is 0.224 e. The summed E-state index contributed by atoms with van der Waals surface area (Å²) in [6.07, 6.45) is 1.57. The van der Waals surface area contributed by atoms with Gasteiger partial charge in [-0.25, -0.2) is 18.4 Å². The van der Waals surface area contributed by atoms with E-state index >= 15 is 0 Å². The lowest BCUT2D eigenvalue weighted by Gasteiger charge is -2.21. The van der Waals surface area contributed by atoms with Crippen LogP contribution in [0.15, 0.2) is 12.3 Å². The zero-order valence-electron chi connectivity index (χ0n) is 19.8. The van der Waals surface area contributed by atoms with E-state index in [-0.39, 0.29) is 12.4 Å². The molecule has 3 aromatic heterocycles. The number of hydrogen-bond acceptors (Lipinski definition) is 12. The van der Waals surface area contributed by atoms with E-state index in [2.05, 4.69) is 25.6 Å². The topological polar surface area (TPSA) is 170 Å². The molecule has 3 heterocycles. The SMILES string of the molecule is Cc1nc(NCCCS(C)(=O)=O)nc(N[C@@H]2C[C@H](CO)[C@@H](O)[C@H]2O)c1-c1nc2c(C)nccc2s1. The van der Waals surface area contributed by atoms with Crippen LogP contribution in [0.2, 0.25) is 0 Å². The van der Waals surface area contributed by atoms with Crippen molar-refractivity contribution in [2.75, 3.05) is 35.8 Å². The van der Waals surface area contributed by atoms with Gasteiger partial charge in [-0.3, -0.25) is 4.98 Å². The number of aromatic nitrogens is 4. The van der Waals surface area contributed by atoms with Gasteiger partial charge in [0, 0.05) is 31.5 Å². The second-order valence-corrected chi connectivity index (χ2v) is 12.2. The number of fused-ring (bicyclic) bond motifs is 1. The van der Waals surface area contributed by atoms with Crippen LogP contribution in [0.25, 0.3) is 20.8 Å². The lowest BCUT2D eigenvalue weighted by Crippen LogP contribution is -2.35. The van der Waals surface area contributed by atoms with Gasteiger partial charge in [0.25, 0.3) is 0 Å². The third-order valence-electron chi connectivity index (χ3n) is 6.13.